The number of H-pyrrole nitrogens is 1. The van der Waals surface area contributed by atoms with Crippen molar-refractivity contribution in [1.82, 2.24) is 14.8 Å². The highest BCUT2D eigenvalue weighted by Crippen LogP contribution is 2.11. The maximum Gasteiger partial charge on any atom is 0.195 e. The summed E-state index contributed by atoms with van der Waals surface area (Å²) >= 11 is 5.28. The Labute approximate surface area is 103 Å². The second kappa shape index (κ2) is 6.15. The fourth-order valence-electron chi connectivity index (χ4n) is 1.98. The van der Waals surface area contributed by atoms with Gasteiger partial charge in [0.15, 0.2) is 10.6 Å². The molecule has 1 heterocycles. The van der Waals surface area contributed by atoms with E-state index in [1.807, 2.05) is 0 Å². The van der Waals surface area contributed by atoms with Crippen LogP contribution in [0.3, 0.4) is 0 Å². The van der Waals surface area contributed by atoms with E-state index in [9.17, 15) is 0 Å². The Morgan fingerprint density at radius 1 is 1.44 bits per heavy atom. The van der Waals surface area contributed by atoms with Crippen LogP contribution in [0.25, 0.3) is 0 Å². The maximum atomic E-state index is 5.28. The fourth-order valence-corrected chi connectivity index (χ4v) is 2.21. The minimum atomic E-state index is 0.421. The third kappa shape index (κ3) is 2.92. The van der Waals surface area contributed by atoms with Crippen LogP contribution in [-0.2, 0) is 6.54 Å². The molecule has 0 aliphatic carbocycles. The van der Waals surface area contributed by atoms with Gasteiger partial charge in [-0.25, -0.2) is 0 Å². The van der Waals surface area contributed by atoms with Crippen molar-refractivity contribution >= 4 is 12.2 Å². The van der Waals surface area contributed by atoms with Crippen LogP contribution in [0.4, 0.5) is 0 Å². The van der Waals surface area contributed by atoms with Crippen LogP contribution in [-0.4, -0.2) is 28.9 Å². The van der Waals surface area contributed by atoms with E-state index in [0.717, 1.165) is 30.0 Å². The highest BCUT2D eigenvalue weighted by Gasteiger charge is 2.21. The second-order valence-corrected chi connectivity index (χ2v) is 4.82. The third-order valence-electron chi connectivity index (χ3n) is 2.94. The number of hydrogen-bond acceptors (Lipinski definition) is 2. The molecule has 0 bridgehead atoms. The van der Waals surface area contributed by atoms with Crippen LogP contribution in [0.15, 0.2) is 0 Å². The summed E-state index contributed by atoms with van der Waals surface area (Å²) < 4.78 is 2.91. The first-order valence-corrected chi connectivity index (χ1v) is 6.47. The first kappa shape index (κ1) is 13.4. The lowest BCUT2D eigenvalue weighted by molar-refractivity contribution is -0.893. The molecule has 0 radical (unpaired) electrons. The number of aromatic amines is 1. The first-order valence-electron chi connectivity index (χ1n) is 6.06. The third-order valence-corrected chi connectivity index (χ3v) is 3.25. The fraction of sp³-hybridized carbons (Fsp3) is 0.818. The monoisotopic (exact) mass is 243 g/mol. The Morgan fingerprint density at radius 2 is 2.12 bits per heavy atom. The summed E-state index contributed by atoms with van der Waals surface area (Å²) in [5, 5.41) is 7.30. The standard InChI is InChI=1S/C11H22N4S/c1-5-7-8-15-10(12-13-11(15)16)9(6-2)14(3)4/h9H,5-8H2,1-4H3,(H,13,16)/p+1/t9-/m1/s1. The summed E-state index contributed by atoms with van der Waals surface area (Å²) in [5.74, 6) is 1.10. The molecule has 0 amide bonds. The SMILES string of the molecule is CCCCn1c([C@@H](CC)[NH+](C)C)n[nH]c1=S. The highest BCUT2D eigenvalue weighted by atomic mass is 32.1. The van der Waals surface area contributed by atoms with Gasteiger partial charge in [0.1, 0.15) is 6.04 Å². The molecule has 1 rings (SSSR count). The van der Waals surface area contributed by atoms with Gasteiger partial charge in [-0.15, -0.1) is 0 Å². The van der Waals surface area contributed by atoms with E-state index >= 15 is 0 Å². The van der Waals surface area contributed by atoms with Crippen molar-refractivity contribution in [3.05, 3.63) is 10.6 Å². The molecule has 2 N–H and O–H groups in total. The smallest absolute Gasteiger partial charge is 0.195 e. The van der Waals surface area contributed by atoms with Gasteiger partial charge in [-0.05, 0) is 18.6 Å². The Hall–Kier alpha value is -0.680. The predicted octanol–water partition coefficient (Wildman–Crippen LogP) is 1.34. The summed E-state index contributed by atoms with van der Waals surface area (Å²) in [6, 6.07) is 0.421. The van der Waals surface area contributed by atoms with Crippen molar-refractivity contribution in [3.63, 3.8) is 0 Å². The molecule has 0 aromatic carbocycles. The number of hydrogen-bond donors (Lipinski definition) is 2. The zero-order valence-corrected chi connectivity index (χ0v) is 11.5. The van der Waals surface area contributed by atoms with Crippen LogP contribution in [0.1, 0.15) is 45.0 Å². The molecular formula is C11H23N4S+. The molecule has 1 atom stereocenters. The molecule has 0 aliphatic rings. The van der Waals surface area contributed by atoms with Crippen molar-refractivity contribution in [2.45, 2.75) is 45.7 Å². The molecule has 92 valence electrons. The van der Waals surface area contributed by atoms with Gasteiger partial charge < -0.3 is 4.90 Å². The van der Waals surface area contributed by atoms with Gasteiger partial charge in [0, 0.05) is 13.0 Å². The molecular weight excluding hydrogens is 220 g/mol. The lowest BCUT2D eigenvalue weighted by Crippen LogP contribution is -3.06. The summed E-state index contributed by atoms with van der Waals surface area (Å²) in [6.07, 6.45) is 3.41. The van der Waals surface area contributed by atoms with Crippen molar-refractivity contribution in [2.75, 3.05) is 14.1 Å². The van der Waals surface area contributed by atoms with Gasteiger partial charge in [-0.3, -0.25) is 9.67 Å². The van der Waals surface area contributed by atoms with Crippen LogP contribution in [0.2, 0.25) is 0 Å². The number of quaternary nitrogens is 1. The van der Waals surface area contributed by atoms with E-state index in [1.54, 1.807) is 0 Å². The Balaban J connectivity index is 2.98. The number of nitrogens with zero attached hydrogens (tertiary/aromatic N) is 2. The minimum absolute atomic E-state index is 0.421. The number of aromatic nitrogens is 3. The average Bonchev–Trinajstić information content (AvgIpc) is 2.58. The van der Waals surface area contributed by atoms with E-state index in [-0.39, 0.29) is 0 Å². The molecule has 16 heavy (non-hydrogen) atoms. The summed E-state index contributed by atoms with van der Waals surface area (Å²) in [7, 11) is 4.33. The van der Waals surface area contributed by atoms with Crippen LogP contribution in [0.5, 0.6) is 0 Å². The van der Waals surface area contributed by atoms with Gasteiger partial charge in [0.2, 0.25) is 0 Å². The van der Waals surface area contributed by atoms with Crippen LogP contribution in [0, 0.1) is 4.77 Å². The van der Waals surface area contributed by atoms with Crippen molar-refractivity contribution in [3.8, 4) is 0 Å². The highest BCUT2D eigenvalue weighted by molar-refractivity contribution is 7.71. The largest absolute Gasteiger partial charge is 0.331 e. The van der Waals surface area contributed by atoms with E-state index < -0.39 is 0 Å². The van der Waals surface area contributed by atoms with Crippen LogP contribution >= 0.6 is 12.2 Å². The topological polar surface area (TPSA) is 38.0 Å². The normalized spacial score (nSPS) is 13.3. The molecule has 0 saturated heterocycles. The van der Waals surface area contributed by atoms with Crippen molar-refractivity contribution in [2.24, 2.45) is 0 Å². The molecule has 1 aromatic heterocycles. The van der Waals surface area contributed by atoms with Gasteiger partial charge >= 0.3 is 0 Å². The summed E-state index contributed by atoms with van der Waals surface area (Å²) in [6.45, 7) is 5.36. The van der Waals surface area contributed by atoms with Crippen LogP contribution < -0.4 is 4.90 Å². The molecule has 0 saturated carbocycles. The number of rotatable bonds is 6. The molecule has 0 aliphatic heterocycles. The van der Waals surface area contributed by atoms with E-state index in [0.29, 0.717) is 6.04 Å². The average molecular weight is 243 g/mol. The summed E-state index contributed by atoms with van der Waals surface area (Å²) in [4.78, 5) is 1.40. The predicted molar refractivity (Wildman–Crippen MR) is 68.2 cm³/mol. The number of nitrogens with one attached hydrogen (secondary N) is 2. The Morgan fingerprint density at radius 3 is 2.62 bits per heavy atom. The molecule has 1 aromatic rings. The zero-order chi connectivity index (χ0) is 12.1. The zero-order valence-electron chi connectivity index (χ0n) is 10.7. The quantitative estimate of drug-likeness (QED) is 0.740. The first-order chi connectivity index (χ1) is 7.61. The van der Waals surface area contributed by atoms with Gasteiger partial charge in [-0.1, -0.05) is 20.3 Å². The van der Waals surface area contributed by atoms with E-state index in [4.69, 9.17) is 12.2 Å². The lowest BCUT2D eigenvalue weighted by Gasteiger charge is -2.19. The molecule has 0 fully saturated rings. The van der Waals surface area contributed by atoms with E-state index in [2.05, 4.69) is 42.7 Å². The van der Waals surface area contributed by atoms with Gasteiger partial charge in [0.25, 0.3) is 0 Å². The minimum Gasteiger partial charge on any atom is -0.331 e. The molecule has 4 nitrogen and oxygen atoms in total. The number of unbranched alkanes of at least 4 members (excludes halogenated alkanes) is 1. The molecule has 5 heteroatoms. The van der Waals surface area contributed by atoms with E-state index in [1.165, 1.54) is 11.3 Å². The molecule has 0 unspecified atom stereocenters. The Kier molecular flexibility index (Phi) is 5.15. The maximum absolute atomic E-state index is 5.28. The van der Waals surface area contributed by atoms with Crippen molar-refractivity contribution in [1.29, 1.82) is 0 Å². The lowest BCUT2D eigenvalue weighted by atomic mass is 10.2. The Bertz CT molecular complexity index is 366. The molecule has 0 spiro atoms. The van der Waals surface area contributed by atoms with Gasteiger partial charge in [-0.2, -0.15) is 5.10 Å². The second-order valence-electron chi connectivity index (χ2n) is 4.43. The van der Waals surface area contributed by atoms with Gasteiger partial charge in [0.05, 0.1) is 14.1 Å². The van der Waals surface area contributed by atoms with Crippen molar-refractivity contribution < 1.29 is 4.90 Å². The summed E-state index contributed by atoms with van der Waals surface area (Å²) in [5.41, 5.74) is 0.